The van der Waals surface area contributed by atoms with Crippen LogP contribution in [0.15, 0.2) is 40.9 Å². The maximum atomic E-state index is 10.6. The number of ether oxygens (including phenoxy) is 2. The van der Waals surface area contributed by atoms with Gasteiger partial charge in [0.2, 0.25) is 5.88 Å². The molecule has 2 N–H and O–H groups in total. The van der Waals surface area contributed by atoms with Gasteiger partial charge in [-0.25, -0.2) is 14.6 Å². The van der Waals surface area contributed by atoms with Gasteiger partial charge in [0.05, 0.1) is 25.9 Å². The van der Waals surface area contributed by atoms with Crippen molar-refractivity contribution in [1.29, 1.82) is 0 Å². The Balaban J connectivity index is 0.000000301. The van der Waals surface area contributed by atoms with Crippen LogP contribution in [0.4, 0.5) is 26.3 Å². The molecule has 1 saturated heterocycles. The molecule has 1 saturated carbocycles. The van der Waals surface area contributed by atoms with E-state index in [2.05, 4.69) is 16.0 Å². The van der Waals surface area contributed by atoms with Gasteiger partial charge in [-0.3, -0.25) is 4.90 Å². The number of carbonyl (C=O) groups is 2. The highest BCUT2D eigenvalue weighted by Gasteiger charge is 2.41. The molecule has 4 rings (SSSR count). The number of hydrogen-bond acceptors (Lipinski definition) is 7. The number of rotatable bonds is 5. The molecule has 212 valence electrons. The van der Waals surface area contributed by atoms with Crippen LogP contribution in [0.5, 0.6) is 5.88 Å². The molecule has 3 atom stereocenters. The lowest BCUT2D eigenvalue weighted by atomic mass is 10.1. The van der Waals surface area contributed by atoms with Crippen LogP contribution in [0.3, 0.4) is 0 Å². The second-order valence-electron chi connectivity index (χ2n) is 8.38. The summed E-state index contributed by atoms with van der Waals surface area (Å²) < 4.78 is 81.1. The molecule has 38 heavy (non-hydrogen) atoms. The van der Waals surface area contributed by atoms with Crippen LogP contribution in [0.1, 0.15) is 24.4 Å². The van der Waals surface area contributed by atoms with Crippen LogP contribution in [0.2, 0.25) is 0 Å². The fraction of sp³-hybridized carbons (Fsp3) is 0.522. The van der Waals surface area contributed by atoms with Crippen molar-refractivity contribution in [2.24, 2.45) is 5.92 Å². The highest BCUT2D eigenvalue weighted by atomic mass is 19.4. The van der Waals surface area contributed by atoms with Crippen LogP contribution >= 0.6 is 0 Å². The van der Waals surface area contributed by atoms with Gasteiger partial charge in [-0.15, -0.1) is 0 Å². The predicted molar refractivity (Wildman–Crippen MR) is 117 cm³/mol. The standard InChI is InChI=1S/C19H24N2O3.2C2HF3O2/c1-14-5-6-16(24-14)12-21-8-9-22-18-11-15(10-17(18)21)13-23-19-4-2-3-7-20-19;2*3-2(4,5)1(6)7/h2-7,15,17-18H,8-13H2,1H3;2*(H,6,7). The third-order valence-corrected chi connectivity index (χ3v) is 5.49. The van der Waals surface area contributed by atoms with E-state index >= 15 is 0 Å². The van der Waals surface area contributed by atoms with E-state index < -0.39 is 24.3 Å². The van der Waals surface area contributed by atoms with Gasteiger partial charge in [-0.05, 0) is 43.9 Å². The number of nitrogens with zero attached hydrogens (tertiary/aromatic N) is 2. The third-order valence-electron chi connectivity index (χ3n) is 5.49. The molecule has 1 aliphatic heterocycles. The molecule has 1 aliphatic carbocycles. The Hall–Kier alpha value is -3.33. The zero-order chi connectivity index (χ0) is 28.5. The van der Waals surface area contributed by atoms with Crippen molar-refractivity contribution in [2.45, 2.75) is 50.8 Å². The van der Waals surface area contributed by atoms with Crippen molar-refractivity contribution in [3.8, 4) is 5.88 Å². The van der Waals surface area contributed by atoms with E-state index in [0.29, 0.717) is 30.6 Å². The Labute approximate surface area is 213 Å². The molecule has 0 spiro atoms. The number of aromatic nitrogens is 1. The summed E-state index contributed by atoms with van der Waals surface area (Å²) in [6, 6.07) is 10.3. The number of fused-ring (bicyclic) bond motifs is 1. The van der Waals surface area contributed by atoms with Gasteiger partial charge in [0.15, 0.2) is 0 Å². The Morgan fingerprint density at radius 1 is 1.05 bits per heavy atom. The number of aliphatic carboxylic acids is 2. The number of halogens is 6. The van der Waals surface area contributed by atoms with E-state index in [9.17, 15) is 26.3 Å². The summed E-state index contributed by atoms with van der Waals surface area (Å²) in [5.74, 6) is -2.28. The molecular formula is C23H26F6N2O7. The number of pyridine rings is 1. The Bertz CT molecular complexity index is 1010. The number of carboxylic acid groups (broad SMARTS) is 2. The minimum atomic E-state index is -5.08. The summed E-state index contributed by atoms with van der Waals surface area (Å²) in [4.78, 5) is 24.5. The number of alkyl halides is 6. The Morgan fingerprint density at radius 3 is 2.18 bits per heavy atom. The molecule has 2 fully saturated rings. The fourth-order valence-electron chi connectivity index (χ4n) is 3.86. The van der Waals surface area contributed by atoms with Gasteiger partial charge in [-0.1, -0.05) is 6.07 Å². The lowest BCUT2D eigenvalue weighted by Crippen LogP contribution is -2.47. The molecule has 3 unspecified atom stereocenters. The van der Waals surface area contributed by atoms with Crippen molar-refractivity contribution >= 4 is 11.9 Å². The second-order valence-corrected chi connectivity index (χ2v) is 8.38. The topological polar surface area (TPSA) is 122 Å². The van der Waals surface area contributed by atoms with Gasteiger partial charge >= 0.3 is 24.3 Å². The molecule has 3 heterocycles. The minimum Gasteiger partial charge on any atom is -0.477 e. The lowest BCUT2D eigenvalue weighted by molar-refractivity contribution is -0.193. The highest BCUT2D eigenvalue weighted by molar-refractivity contribution is 5.73. The van der Waals surface area contributed by atoms with Gasteiger partial charge in [0.1, 0.15) is 11.5 Å². The monoisotopic (exact) mass is 556 g/mol. The zero-order valence-corrected chi connectivity index (χ0v) is 20.0. The van der Waals surface area contributed by atoms with Gasteiger partial charge < -0.3 is 24.1 Å². The maximum absolute atomic E-state index is 10.6. The summed E-state index contributed by atoms with van der Waals surface area (Å²) in [7, 11) is 0. The van der Waals surface area contributed by atoms with Crippen LogP contribution in [-0.4, -0.2) is 76.3 Å². The summed E-state index contributed by atoms with van der Waals surface area (Å²) >= 11 is 0. The molecule has 0 aromatic carbocycles. The number of morpholine rings is 1. The fourth-order valence-corrected chi connectivity index (χ4v) is 3.86. The average Bonchev–Trinajstić information content (AvgIpc) is 3.44. The molecule has 0 amide bonds. The van der Waals surface area contributed by atoms with Crippen LogP contribution in [0, 0.1) is 12.8 Å². The van der Waals surface area contributed by atoms with Crippen LogP contribution in [-0.2, 0) is 20.9 Å². The van der Waals surface area contributed by atoms with Crippen molar-refractivity contribution in [3.05, 3.63) is 48.0 Å². The van der Waals surface area contributed by atoms with E-state index in [1.807, 2.05) is 31.2 Å². The van der Waals surface area contributed by atoms with Gasteiger partial charge in [0, 0.05) is 24.8 Å². The summed E-state index contributed by atoms with van der Waals surface area (Å²) in [6.45, 7) is 5.34. The number of aryl methyl sites for hydroxylation is 1. The molecule has 0 radical (unpaired) electrons. The Morgan fingerprint density at radius 2 is 1.68 bits per heavy atom. The summed E-state index contributed by atoms with van der Waals surface area (Å²) in [6.07, 6.45) is -5.92. The quantitative estimate of drug-likeness (QED) is 0.519. The first-order valence-electron chi connectivity index (χ1n) is 11.2. The summed E-state index contributed by atoms with van der Waals surface area (Å²) in [5.41, 5.74) is 0. The summed E-state index contributed by atoms with van der Waals surface area (Å²) in [5, 5.41) is 14.2. The molecule has 2 aromatic heterocycles. The van der Waals surface area contributed by atoms with Crippen molar-refractivity contribution in [3.63, 3.8) is 0 Å². The Kier molecular flexibility index (Phi) is 10.9. The molecule has 9 nitrogen and oxygen atoms in total. The lowest BCUT2D eigenvalue weighted by Gasteiger charge is -2.37. The maximum Gasteiger partial charge on any atom is 0.490 e. The van der Waals surface area contributed by atoms with E-state index in [1.54, 1.807) is 6.20 Å². The predicted octanol–water partition coefficient (Wildman–Crippen LogP) is 4.31. The molecular weight excluding hydrogens is 530 g/mol. The molecule has 2 aromatic rings. The molecule has 2 aliphatic rings. The van der Waals surface area contributed by atoms with Crippen LogP contribution < -0.4 is 4.74 Å². The minimum absolute atomic E-state index is 0.312. The molecule has 15 heteroatoms. The smallest absolute Gasteiger partial charge is 0.477 e. The average molecular weight is 556 g/mol. The first kappa shape index (κ1) is 30.9. The first-order valence-corrected chi connectivity index (χ1v) is 11.2. The van der Waals surface area contributed by atoms with Crippen molar-refractivity contribution in [1.82, 2.24) is 9.88 Å². The normalized spacial score (nSPS) is 21.3. The van der Waals surface area contributed by atoms with Crippen molar-refractivity contribution < 1.29 is 60.0 Å². The molecule has 0 bridgehead atoms. The second kappa shape index (κ2) is 13.5. The van der Waals surface area contributed by atoms with E-state index in [0.717, 1.165) is 44.1 Å². The SMILES string of the molecule is Cc1ccc(CN2CCOC3CC(COc4ccccn4)CC32)o1.O=C(O)C(F)(F)F.O=C(O)C(F)(F)F. The number of furan rings is 1. The van der Waals surface area contributed by atoms with Crippen LogP contribution in [0.25, 0.3) is 0 Å². The van der Waals surface area contributed by atoms with E-state index in [-0.39, 0.29) is 0 Å². The van der Waals surface area contributed by atoms with Gasteiger partial charge in [-0.2, -0.15) is 26.3 Å². The van der Waals surface area contributed by atoms with E-state index in [1.165, 1.54) is 0 Å². The number of hydrogen-bond donors (Lipinski definition) is 2. The highest BCUT2D eigenvalue weighted by Crippen LogP contribution is 2.35. The third kappa shape index (κ3) is 10.2. The largest absolute Gasteiger partial charge is 0.490 e. The van der Waals surface area contributed by atoms with E-state index in [4.69, 9.17) is 33.7 Å². The van der Waals surface area contributed by atoms with Crippen molar-refractivity contribution in [2.75, 3.05) is 19.8 Å². The first-order chi connectivity index (χ1) is 17.7. The zero-order valence-electron chi connectivity index (χ0n) is 20.0. The number of carboxylic acids is 2. The van der Waals surface area contributed by atoms with Gasteiger partial charge in [0.25, 0.3) is 0 Å².